The van der Waals surface area contributed by atoms with Crippen molar-refractivity contribution < 1.29 is 4.79 Å². The maximum Gasteiger partial charge on any atom is 0.253 e. The number of amides is 1. The van der Waals surface area contributed by atoms with Gasteiger partial charge in [0, 0.05) is 37.7 Å². The second-order valence-electron chi connectivity index (χ2n) is 4.03. The Labute approximate surface area is 111 Å². The number of aromatic nitrogens is 2. The highest BCUT2D eigenvalue weighted by Gasteiger charge is 2.08. The summed E-state index contributed by atoms with van der Waals surface area (Å²) in [6.45, 7) is 0. The van der Waals surface area contributed by atoms with Gasteiger partial charge in [-0.15, -0.1) is 0 Å². The molecule has 0 aliphatic rings. The molecule has 4 nitrogen and oxygen atoms in total. The van der Waals surface area contributed by atoms with Crippen LogP contribution in [0.4, 0.5) is 0 Å². The van der Waals surface area contributed by atoms with Crippen LogP contribution < -0.4 is 0 Å². The predicted molar refractivity (Wildman–Crippen MR) is 73.4 cm³/mol. The Hall–Kier alpha value is -1.75. The van der Waals surface area contributed by atoms with Gasteiger partial charge in [0.25, 0.3) is 5.91 Å². The number of carbonyl (C=O) groups excluding carboxylic acids is 1. The summed E-state index contributed by atoms with van der Waals surface area (Å²) in [6, 6.07) is 7.53. The zero-order valence-corrected chi connectivity index (χ0v) is 11.4. The van der Waals surface area contributed by atoms with Crippen molar-refractivity contribution >= 4 is 17.7 Å². The van der Waals surface area contributed by atoms with Crippen molar-refractivity contribution in [3.8, 4) is 5.69 Å². The van der Waals surface area contributed by atoms with Gasteiger partial charge in [0.1, 0.15) is 0 Å². The lowest BCUT2D eigenvalue weighted by atomic mass is 10.2. The molecule has 0 radical (unpaired) electrons. The molecule has 0 fully saturated rings. The number of hydrogen-bond acceptors (Lipinski definition) is 3. The maximum atomic E-state index is 11.8. The minimum Gasteiger partial charge on any atom is -0.345 e. The molecule has 94 valence electrons. The van der Waals surface area contributed by atoms with Crippen molar-refractivity contribution in [1.29, 1.82) is 0 Å². The topological polar surface area (TPSA) is 38.1 Å². The Morgan fingerprint density at radius 3 is 2.50 bits per heavy atom. The molecule has 18 heavy (non-hydrogen) atoms. The third-order valence-electron chi connectivity index (χ3n) is 2.59. The van der Waals surface area contributed by atoms with E-state index in [0.717, 1.165) is 10.8 Å². The van der Waals surface area contributed by atoms with Gasteiger partial charge in [-0.1, -0.05) is 11.8 Å². The number of benzene rings is 1. The van der Waals surface area contributed by atoms with Crippen molar-refractivity contribution in [2.24, 2.45) is 0 Å². The van der Waals surface area contributed by atoms with E-state index in [1.165, 1.54) is 0 Å². The van der Waals surface area contributed by atoms with E-state index in [2.05, 4.69) is 4.98 Å². The largest absolute Gasteiger partial charge is 0.345 e. The lowest BCUT2D eigenvalue weighted by Gasteiger charge is -2.11. The van der Waals surface area contributed by atoms with Crippen LogP contribution in [0.3, 0.4) is 0 Å². The third kappa shape index (κ3) is 2.41. The zero-order valence-electron chi connectivity index (χ0n) is 10.6. The molecule has 0 unspecified atom stereocenters. The van der Waals surface area contributed by atoms with E-state index in [9.17, 15) is 4.79 Å². The number of carbonyl (C=O) groups is 1. The fourth-order valence-corrected chi connectivity index (χ4v) is 2.19. The summed E-state index contributed by atoms with van der Waals surface area (Å²) >= 11 is 1.59. The highest BCUT2D eigenvalue weighted by Crippen LogP contribution is 2.18. The fourth-order valence-electron chi connectivity index (χ4n) is 1.66. The van der Waals surface area contributed by atoms with Crippen molar-refractivity contribution in [2.45, 2.75) is 5.16 Å². The summed E-state index contributed by atoms with van der Waals surface area (Å²) in [5, 5.41) is 0.932. The minimum atomic E-state index is 0.0114. The van der Waals surface area contributed by atoms with Gasteiger partial charge in [0.2, 0.25) is 0 Å². The minimum absolute atomic E-state index is 0.0114. The first-order valence-corrected chi connectivity index (χ1v) is 6.75. The highest BCUT2D eigenvalue weighted by molar-refractivity contribution is 7.98. The number of nitrogens with zero attached hydrogens (tertiary/aromatic N) is 3. The normalized spacial score (nSPS) is 10.4. The van der Waals surface area contributed by atoms with E-state index < -0.39 is 0 Å². The molecule has 0 atom stereocenters. The third-order valence-corrected chi connectivity index (χ3v) is 3.26. The van der Waals surface area contributed by atoms with Crippen LogP contribution in [0.15, 0.2) is 41.8 Å². The number of rotatable bonds is 3. The molecular weight excluding hydrogens is 246 g/mol. The van der Waals surface area contributed by atoms with Crippen molar-refractivity contribution in [3.63, 3.8) is 0 Å². The lowest BCUT2D eigenvalue weighted by molar-refractivity contribution is 0.0827. The Morgan fingerprint density at radius 2 is 1.94 bits per heavy atom. The van der Waals surface area contributed by atoms with Gasteiger partial charge < -0.3 is 4.90 Å². The SMILES string of the molecule is CSc1nccn1-c1ccc(C(=O)N(C)C)cc1. The molecule has 0 spiro atoms. The predicted octanol–water partition coefficient (Wildman–Crippen LogP) is 2.30. The Balaban J connectivity index is 2.31. The molecule has 0 aliphatic carbocycles. The van der Waals surface area contributed by atoms with Crippen LogP contribution in [0.5, 0.6) is 0 Å². The van der Waals surface area contributed by atoms with Crippen LogP contribution >= 0.6 is 11.8 Å². The summed E-state index contributed by atoms with van der Waals surface area (Å²) in [7, 11) is 3.50. The summed E-state index contributed by atoms with van der Waals surface area (Å²) in [6.07, 6.45) is 5.67. The quantitative estimate of drug-likeness (QED) is 0.796. The number of hydrogen-bond donors (Lipinski definition) is 0. The second-order valence-corrected chi connectivity index (χ2v) is 4.80. The summed E-state index contributed by atoms with van der Waals surface area (Å²) in [5.41, 5.74) is 1.70. The molecule has 0 bridgehead atoms. The monoisotopic (exact) mass is 261 g/mol. The molecule has 1 amide bonds. The van der Waals surface area contributed by atoms with E-state index in [1.807, 2.05) is 41.3 Å². The Bertz CT molecular complexity index is 546. The Morgan fingerprint density at radius 1 is 1.28 bits per heavy atom. The van der Waals surface area contributed by atoms with Crippen LogP contribution in [0.2, 0.25) is 0 Å². The van der Waals surface area contributed by atoms with Crippen molar-refractivity contribution in [1.82, 2.24) is 14.5 Å². The first kappa shape index (κ1) is 12.7. The molecule has 1 aromatic carbocycles. The molecule has 0 N–H and O–H groups in total. The van der Waals surface area contributed by atoms with Gasteiger partial charge >= 0.3 is 0 Å². The standard InChI is InChI=1S/C13H15N3OS/c1-15(2)12(17)10-4-6-11(7-5-10)16-9-8-14-13(16)18-3/h4-9H,1-3H3. The van der Waals surface area contributed by atoms with E-state index in [-0.39, 0.29) is 5.91 Å². The molecule has 0 saturated heterocycles. The molecule has 1 heterocycles. The molecule has 0 saturated carbocycles. The van der Waals surface area contributed by atoms with Crippen LogP contribution in [0.1, 0.15) is 10.4 Å². The molecule has 5 heteroatoms. The van der Waals surface area contributed by atoms with E-state index >= 15 is 0 Å². The van der Waals surface area contributed by atoms with Gasteiger partial charge in [0.15, 0.2) is 5.16 Å². The molecule has 0 aliphatic heterocycles. The van der Waals surface area contributed by atoms with E-state index in [4.69, 9.17) is 0 Å². The summed E-state index contributed by atoms with van der Waals surface area (Å²) < 4.78 is 1.99. The molecule has 2 rings (SSSR count). The maximum absolute atomic E-state index is 11.8. The van der Waals surface area contributed by atoms with Gasteiger partial charge in [-0.2, -0.15) is 0 Å². The molecule has 1 aromatic heterocycles. The average Bonchev–Trinajstić information content (AvgIpc) is 2.86. The lowest BCUT2D eigenvalue weighted by Crippen LogP contribution is -2.21. The van der Waals surface area contributed by atoms with Crippen molar-refractivity contribution in [3.05, 3.63) is 42.2 Å². The molecule has 2 aromatic rings. The highest BCUT2D eigenvalue weighted by atomic mass is 32.2. The fraction of sp³-hybridized carbons (Fsp3) is 0.231. The van der Waals surface area contributed by atoms with Gasteiger partial charge in [0.05, 0.1) is 0 Å². The number of imidazole rings is 1. The van der Waals surface area contributed by atoms with Crippen molar-refractivity contribution in [2.75, 3.05) is 20.4 Å². The van der Waals surface area contributed by atoms with Gasteiger partial charge in [-0.05, 0) is 30.5 Å². The summed E-state index contributed by atoms with van der Waals surface area (Å²) in [4.78, 5) is 17.6. The first-order chi connectivity index (χ1) is 8.63. The Kier molecular flexibility index (Phi) is 3.72. The molecular formula is C13H15N3OS. The van der Waals surface area contributed by atoms with Crippen LogP contribution in [0.25, 0.3) is 5.69 Å². The van der Waals surface area contributed by atoms with Crippen LogP contribution in [0, 0.1) is 0 Å². The average molecular weight is 261 g/mol. The number of thioether (sulfide) groups is 1. The van der Waals surface area contributed by atoms with Gasteiger partial charge in [-0.3, -0.25) is 9.36 Å². The van der Waals surface area contributed by atoms with Crippen LogP contribution in [-0.4, -0.2) is 40.7 Å². The summed E-state index contributed by atoms with van der Waals surface area (Å²) in [5.74, 6) is 0.0114. The zero-order chi connectivity index (χ0) is 13.1. The first-order valence-electron chi connectivity index (χ1n) is 5.53. The van der Waals surface area contributed by atoms with Crippen LogP contribution in [-0.2, 0) is 0 Å². The smallest absolute Gasteiger partial charge is 0.253 e. The van der Waals surface area contributed by atoms with Gasteiger partial charge in [-0.25, -0.2) is 4.98 Å². The second kappa shape index (κ2) is 5.27. The van der Waals surface area contributed by atoms with E-state index in [1.54, 1.807) is 37.0 Å². The van der Waals surface area contributed by atoms with E-state index in [0.29, 0.717) is 5.56 Å².